The van der Waals surface area contributed by atoms with Crippen LogP contribution in [0, 0.1) is 0 Å². The largest absolute Gasteiger partial charge is 0.497 e. The summed E-state index contributed by atoms with van der Waals surface area (Å²) in [5.41, 5.74) is 0.535. The minimum absolute atomic E-state index is 0.00976. The normalized spacial score (nSPS) is 17.0. The molecule has 8 nitrogen and oxygen atoms in total. The van der Waals surface area contributed by atoms with Gasteiger partial charge in [-0.15, -0.1) is 0 Å². The van der Waals surface area contributed by atoms with Gasteiger partial charge in [-0.3, -0.25) is 9.59 Å². The summed E-state index contributed by atoms with van der Waals surface area (Å²) in [5, 5.41) is 8.48. The third-order valence-corrected chi connectivity index (χ3v) is 3.51. The van der Waals surface area contributed by atoms with Crippen LogP contribution in [0.2, 0.25) is 0 Å². The number of amides is 2. The third kappa shape index (κ3) is 5.71. The van der Waals surface area contributed by atoms with Crippen molar-refractivity contribution in [2.24, 2.45) is 0 Å². The van der Waals surface area contributed by atoms with Crippen LogP contribution in [0.3, 0.4) is 0 Å². The van der Waals surface area contributed by atoms with Crippen LogP contribution in [-0.4, -0.2) is 58.4 Å². The molecule has 132 valence electrons. The maximum Gasteiger partial charge on any atom is 0.243 e. The minimum Gasteiger partial charge on any atom is -0.497 e. The van der Waals surface area contributed by atoms with Gasteiger partial charge in [0, 0.05) is 42.9 Å². The first-order valence-corrected chi connectivity index (χ1v) is 7.71. The summed E-state index contributed by atoms with van der Waals surface area (Å²) in [6.45, 7) is 1.79. The second-order valence-electron chi connectivity index (χ2n) is 5.36. The summed E-state index contributed by atoms with van der Waals surface area (Å²) in [6.07, 6.45) is 0.278. The molecule has 24 heavy (non-hydrogen) atoms. The number of benzene rings is 1. The quantitative estimate of drug-likeness (QED) is 0.655. The zero-order chi connectivity index (χ0) is 17.4. The number of anilines is 1. The van der Waals surface area contributed by atoms with Crippen molar-refractivity contribution >= 4 is 17.5 Å². The molecule has 1 fully saturated rings. The number of morpholine rings is 1. The van der Waals surface area contributed by atoms with Crippen LogP contribution in [0.4, 0.5) is 5.69 Å². The summed E-state index contributed by atoms with van der Waals surface area (Å²) in [6, 6.07) is 5.04. The van der Waals surface area contributed by atoms with E-state index in [4.69, 9.17) is 14.2 Å². The van der Waals surface area contributed by atoms with Crippen molar-refractivity contribution in [2.75, 3.05) is 45.8 Å². The molecule has 1 atom stereocenters. The highest BCUT2D eigenvalue weighted by Crippen LogP contribution is 2.25. The molecule has 2 rings (SSSR count). The van der Waals surface area contributed by atoms with Crippen molar-refractivity contribution in [3.8, 4) is 11.5 Å². The van der Waals surface area contributed by atoms with E-state index in [0.717, 1.165) is 6.54 Å². The predicted octanol–water partition coefficient (Wildman–Crippen LogP) is 0.137. The van der Waals surface area contributed by atoms with E-state index in [1.165, 1.54) is 14.2 Å². The van der Waals surface area contributed by atoms with Crippen LogP contribution in [-0.2, 0) is 14.3 Å². The Morgan fingerprint density at radius 2 is 1.92 bits per heavy atom. The van der Waals surface area contributed by atoms with Gasteiger partial charge < -0.3 is 30.2 Å². The molecule has 1 saturated heterocycles. The molecule has 1 aliphatic heterocycles. The van der Waals surface area contributed by atoms with Crippen LogP contribution in [0.25, 0.3) is 0 Å². The van der Waals surface area contributed by atoms with Crippen molar-refractivity contribution in [1.29, 1.82) is 0 Å². The number of carbonyl (C=O) groups is 2. The second kappa shape index (κ2) is 9.09. The molecule has 1 aliphatic rings. The number of carbonyl (C=O) groups excluding carboxylic acids is 2. The molecule has 2 amide bonds. The summed E-state index contributed by atoms with van der Waals surface area (Å²) >= 11 is 0. The number of hydrogen-bond donors (Lipinski definition) is 3. The summed E-state index contributed by atoms with van der Waals surface area (Å²) in [5.74, 6) is 0.608. The Hall–Kier alpha value is -2.32. The Bertz CT molecular complexity index is 551. The molecule has 0 bridgehead atoms. The van der Waals surface area contributed by atoms with Gasteiger partial charge in [0.1, 0.15) is 11.5 Å². The lowest BCUT2D eigenvalue weighted by atomic mass is 10.2. The summed E-state index contributed by atoms with van der Waals surface area (Å²) in [7, 11) is 3.06. The standard InChI is InChI=1S/C16H23N3O5/c1-22-13-5-11(6-14(8-13)23-2)19-16(21)9-18-15(20)7-12-10-24-4-3-17-12/h5-6,8,12,17H,3-4,7,9-10H2,1-2H3,(H,18,20)(H,19,21). The first-order chi connectivity index (χ1) is 11.6. The zero-order valence-electron chi connectivity index (χ0n) is 13.9. The molecule has 1 aromatic carbocycles. The highest BCUT2D eigenvalue weighted by atomic mass is 16.5. The van der Waals surface area contributed by atoms with Gasteiger partial charge >= 0.3 is 0 Å². The average molecular weight is 337 g/mol. The van der Waals surface area contributed by atoms with E-state index < -0.39 is 0 Å². The van der Waals surface area contributed by atoms with E-state index in [0.29, 0.717) is 30.4 Å². The maximum atomic E-state index is 12.0. The molecular weight excluding hydrogens is 314 g/mol. The number of rotatable bonds is 7. The summed E-state index contributed by atoms with van der Waals surface area (Å²) < 4.78 is 15.6. The lowest BCUT2D eigenvalue weighted by Crippen LogP contribution is -2.45. The van der Waals surface area contributed by atoms with Crippen LogP contribution < -0.4 is 25.4 Å². The first kappa shape index (κ1) is 18.0. The first-order valence-electron chi connectivity index (χ1n) is 7.71. The van der Waals surface area contributed by atoms with Crippen LogP contribution in [0.15, 0.2) is 18.2 Å². The van der Waals surface area contributed by atoms with E-state index in [-0.39, 0.29) is 30.8 Å². The van der Waals surface area contributed by atoms with E-state index in [1.54, 1.807) is 18.2 Å². The van der Waals surface area contributed by atoms with Crippen molar-refractivity contribution in [3.05, 3.63) is 18.2 Å². The van der Waals surface area contributed by atoms with E-state index in [9.17, 15) is 9.59 Å². The monoisotopic (exact) mass is 337 g/mol. The third-order valence-electron chi connectivity index (χ3n) is 3.51. The number of ether oxygens (including phenoxy) is 3. The summed E-state index contributed by atoms with van der Waals surface area (Å²) in [4.78, 5) is 23.8. The van der Waals surface area contributed by atoms with Gasteiger partial charge in [0.25, 0.3) is 0 Å². The minimum atomic E-state index is -0.327. The molecule has 8 heteroatoms. The average Bonchev–Trinajstić information content (AvgIpc) is 2.60. The fourth-order valence-corrected chi connectivity index (χ4v) is 2.31. The Morgan fingerprint density at radius 3 is 2.50 bits per heavy atom. The smallest absolute Gasteiger partial charge is 0.243 e. The molecule has 0 saturated carbocycles. The fraction of sp³-hybridized carbons (Fsp3) is 0.500. The SMILES string of the molecule is COc1cc(NC(=O)CNC(=O)CC2COCCN2)cc(OC)c1. The van der Waals surface area contributed by atoms with Gasteiger partial charge in [-0.05, 0) is 0 Å². The van der Waals surface area contributed by atoms with Gasteiger partial charge in [-0.25, -0.2) is 0 Å². The van der Waals surface area contributed by atoms with Crippen LogP contribution in [0.1, 0.15) is 6.42 Å². The van der Waals surface area contributed by atoms with Crippen molar-refractivity contribution in [2.45, 2.75) is 12.5 Å². The van der Waals surface area contributed by atoms with E-state index >= 15 is 0 Å². The molecule has 0 radical (unpaired) electrons. The van der Waals surface area contributed by atoms with Gasteiger partial charge in [0.15, 0.2) is 0 Å². The Morgan fingerprint density at radius 1 is 1.21 bits per heavy atom. The zero-order valence-corrected chi connectivity index (χ0v) is 13.9. The highest BCUT2D eigenvalue weighted by Gasteiger charge is 2.17. The molecule has 0 spiro atoms. The van der Waals surface area contributed by atoms with Gasteiger partial charge in [0.2, 0.25) is 11.8 Å². The molecular formula is C16H23N3O5. The van der Waals surface area contributed by atoms with Gasteiger partial charge in [-0.1, -0.05) is 0 Å². The Labute approximate surface area is 140 Å². The fourth-order valence-electron chi connectivity index (χ4n) is 2.31. The van der Waals surface area contributed by atoms with Gasteiger partial charge in [-0.2, -0.15) is 0 Å². The number of methoxy groups -OCH3 is 2. The van der Waals surface area contributed by atoms with Crippen molar-refractivity contribution in [1.82, 2.24) is 10.6 Å². The molecule has 1 unspecified atom stereocenters. The topological polar surface area (TPSA) is 97.9 Å². The Balaban J connectivity index is 1.79. The van der Waals surface area contributed by atoms with E-state index in [1.807, 2.05) is 0 Å². The Kier molecular flexibility index (Phi) is 6.83. The van der Waals surface area contributed by atoms with E-state index in [2.05, 4.69) is 16.0 Å². The van der Waals surface area contributed by atoms with Crippen molar-refractivity contribution < 1.29 is 23.8 Å². The maximum absolute atomic E-state index is 12.0. The number of nitrogens with one attached hydrogen (secondary N) is 3. The van der Waals surface area contributed by atoms with Gasteiger partial charge in [0.05, 0.1) is 34.0 Å². The molecule has 3 N–H and O–H groups in total. The van der Waals surface area contributed by atoms with Crippen molar-refractivity contribution in [3.63, 3.8) is 0 Å². The van der Waals surface area contributed by atoms with Crippen LogP contribution >= 0.6 is 0 Å². The molecule has 0 aromatic heterocycles. The van der Waals surface area contributed by atoms with Crippen LogP contribution in [0.5, 0.6) is 11.5 Å². The molecule has 1 heterocycles. The lowest BCUT2D eigenvalue weighted by Gasteiger charge is -2.23. The molecule has 1 aromatic rings. The lowest BCUT2D eigenvalue weighted by molar-refractivity contribution is -0.125. The predicted molar refractivity (Wildman–Crippen MR) is 88.4 cm³/mol. The molecule has 0 aliphatic carbocycles. The second-order valence-corrected chi connectivity index (χ2v) is 5.36. The number of hydrogen-bond acceptors (Lipinski definition) is 6. The highest BCUT2D eigenvalue weighted by molar-refractivity contribution is 5.94.